The Kier molecular flexibility index (Phi) is 3.63. The van der Waals surface area contributed by atoms with E-state index in [1.165, 1.54) is 31.4 Å². The molecule has 2 heterocycles. The van der Waals surface area contributed by atoms with Gasteiger partial charge in [-0.2, -0.15) is 5.10 Å². The highest BCUT2D eigenvalue weighted by molar-refractivity contribution is 5.02. The van der Waals surface area contributed by atoms with Gasteiger partial charge in [0, 0.05) is 37.9 Å². The standard InChI is InChI=1S/C15H26N4/c1-15(2)12-16-8-10-18(15)11-13-7-9-19(17-13)14-5-3-4-6-14/h7,9,14,16H,3-6,8,10-12H2,1-2H3. The van der Waals surface area contributed by atoms with Gasteiger partial charge in [-0.05, 0) is 32.8 Å². The highest BCUT2D eigenvalue weighted by Gasteiger charge is 2.30. The van der Waals surface area contributed by atoms with Crippen molar-refractivity contribution >= 4 is 0 Å². The topological polar surface area (TPSA) is 33.1 Å². The first kappa shape index (κ1) is 13.1. The average molecular weight is 262 g/mol. The Hall–Kier alpha value is -0.870. The zero-order chi connectivity index (χ0) is 13.3. The molecule has 4 heteroatoms. The summed E-state index contributed by atoms with van der Waals surface area (Å²) in [6.45, 7) is 8.88. The molecule has 2 fully saturated rings. The molecule has 0 unspecified atom stereocenters. The Morgan fingerprint density at radius 1 is 1.37 bits per heavy atom. The van der Waals surface area contributed by atoms with Crippen LogP contribution in [0.1, 0.15) is 51.3 Å². The summed E-state index contributed by atoms with van der Waals surface area (Å²) in [5, 5.41) is 8.28. The van der Waals surface area contributed by atoms with E-state index >= 15 is 0 Å². The number of rotatable bonds is 3. The molecule has 0 radical (unpaired) electrons. The van der Waals surface area contributed by atoms with E-state index < -0.39 is 0 Å². The zero-order valence-corrected chi connectivity index (χ0v) is 12.2. The molecule has 0 atom stereocenters. The van der Waals surface area contributed by atoms with E-state index in [4.69, 9.17) is 5.10 Å². The van der Waals surface area contributed by atoms with Crippen molar-refractivity contribution in [3.63, 3.8) is 0 Å². The highest BCUT2D eigenvalue weighted by Crippen LogP contribution is 2.29. The number of nitrogens with zero attached hydrogens (tertiary/aromatic N) is 3. The van der Waals surface area contributed by atoms with E-state index in [9.17, 15) is 0 Å². The monoisotopic (exact) mass is 262 g/mol. The Bertz CT molecular complexity index is 418. The van der Waals surface area contributed by atoms with Gasteiger partial charge in [-0.25, -0.2) is 0 Å². The lowest BCUT2D eigenvalue weighted by molar-refractivity contribution is 0.0811. The molecule has 106 valence electrons. The van der Waals surface area contributed by atoms with Crippen LogP contribution >= 0.6 is 0 Å². The van der Waals surface area contributed by atoms with Gasteiger partial charge in [-0.15, -0.1) is 0 Å². The lowest BCUT2D eigenvalue weighted by Crippen LogP contribution is -2.57. The second kappa shape index (κ2) is 5.25. The molecular formula is C15H26N4. The lowest BCUT2D eigenvalue weighted by atomic mass is 10.00. The van der Waals surface area contributed by atoms with Crippen LogP contribution in [0.4, 0.5) is 0 Å². The highest BCUT2D eigenvalue weighted by atomic mass is 15.3. The molecule has 1 saturated heterocycles. The lowest BCUT2D eigenvalue weighted by Gasteiger charge is -2.42. The van der Waals surface area contributed by atoms with E-state index in [-0.39, 0.29) is 5.54 Å². The van der Waals surface area contributed by atoms with E-state index in [1.807, 2.05) is 0 Å². The van der Waals surface area contributed by atoms with Crippen molar-refractivity contribution in [2.24, 2.45) is 0 Å². The van der Waals surface area contributed by atoms with E-state index in [0.717, 1.165) is 26.2 Å². The van der Waals surface area contributed by atoms with Crippen LogP contribution in [-0.2, 0) is 6.54 Å². The van der Waals surface area contributed by atoms with Crippen LogP contribution in [-0.4, -0.2) is 39.9 Å². The van der Waals surface area contributed by atoms with Gasteiger partial charge in [-0.1, -0.05) is 12.8 Å². The molecule has 1 aliphatic heterocycles. The number of hydrogen-bond donors (Lipinski definition) is 1. The van der Waals surface area contributed by atoms with Gasteiger partial charge in [0.1, 0.15) is 0 Å². The molecule has 0 bridgehead atoms. The summed E-state index contributed by atoms with van der Waals surface area (Å²) < 4.78 is 2.21. The van der Waals surface area contributed by atoms with Crippen molar-refractivity contribution in [3.8, 4) is 0 Å². The molecule has 1 aromatic heterocycles. The summed E-state index contributed by atoms with van der Waals surface area (Å²) >= 11 is 0. The minimum atomic E-state index is 0.232. The molecule has 1 saturated carbocycles. The summed E-state index contributed by atoms with van der Waals surface area (Å²) in [6.07, 6.45) is 7.52. The zero-order valence-electron chi connectivity index (χ0n) is 12.2. The molecule has 1 aromatic rings. The maximum absolute atomic E-state index is 4.81. The minimum absolute atomic E-state index is 0.232. The Balaban J connectivity index is 1.66. The van der Waals surface area contributed by atoms with Crippen molar-refractivity contribution in [2.45, 2.75) is 57.7 Å². The predicted octanol–water partition coefficient (Wildman–Crippen LogP) is 2.18. The minimum Gasteiger partial charge on any atom is -0.314 e. The maximum atomic E-state index is 4.81. The Morgan fingerprint density at radius 3 is 2.89 bits per heavy atom. The Morgan fingerprint density at radius 2 is 2.16 bits per heavy atom. The quantitative estimate of drug-likeness (QED) is 0.906. The van der Waals surface area contributed by atoms with Crippen LogP contribution in [0.25, 0.3) is 0 Å². The number of hydrogen-bond acceptors (Lipinski definition) is 3. The second-order valence-corrected chi connectivity index (χ2v) is 6.64. The first-order valence-electron chi connectivity index (χ1n) is 7.65. The van der Waals surface area contributed by atoms with Crippen LogP contribution in [0, 0.1) is 0 Å². The van der Waals surface area contributed by atoms with Crippen molar-refractivity contribution in [1.29, 1.82) is 0 Å². The molecule has 0 spiro atoms. The molecule has 0 aromatic carbocycles. The van der Waals surface area contributed by atoms with Gasteiger partial charge >= 0.3 is 0 Å². The van der Waals surface area contributed by atoms with Gasteiger partial charge in [0.15, 0.2) is 0 Å². The van der Waals surface area contributed by atoms with Crippen LogP contribution < -0.4 is 5.32 Å². The van der Waals surface area contributed by atoms with Crippen LogP contribution in [0.2, 0.25) is 0 Å². The Labute approximate surface area is 116 Å². The van der Waals surface area contributed by atoms with Gasteiger partial charge < -0.3 is 5.32 Å². The normalized spacial score (nSPS) is 24.9. The summed E-state index contributed by atoms with van der Waals surface area (Å²) in [4.78, 5) is 2.55. The summed E-state index contributed by atoms with van der Waals surface area (Å²) in [5.41, 5.74) is 1.46. The molecule has 1 aliphatic carbocycles. The predicted molar refractivity (Wildman–Crippen MR) is 77.1 cm³/mol. The van der Waals surface area contributed by atoms with Crippen LogP contribution in [0.3, 0.4) is 0 Å². The fraction of sp³-hybridized carbons (Fsp3) is 0.800. The number of piperazine rings is 1. The van der Waals surface area contributed by atoms with Gasteiger partial charge in [0.2, 0.25) is 0 Å². The maximum Gasteiger partial charge on any atom is 0.0765 e. The van der Waals surface area contributed by atoms with Gasteiger partial charge in [-0.3, -0.25) is 9.58 Å². The molecule has 0 amide bonds. The van der Waals surface area contributed by atoms with Crippen molar-refractivity contribution < 1.29 is 0 Å². The summed E-state index contributed by atoms with van der Waals surface area (Å²) in [7, 11) is 0. The number of nitrogens with one attached hydrogen (secondary N) is 1. The largest absolute Gasteiger partial charge is 0.314 e. The summed E-state index contributed by atoms with van der Waals surface area (Å²) in [6, 6.07) is 2.86. The third kappa shape index (κ3) is 2.84. The van der Waals surface area contributed by atoms with E-state index in [0.29, 0.717) is 6.04 Å². The van der Waals surface area contributed by atoms with Crippen molar-refractivity contribution in [1.82, 2.24) is 20.0 Å². The molecule has 1 N–H and O–H groups in total. The van der Waals surface area contributed by atoms with Gasteiger partial charge in [0.25, 0.3) is 0 Å². The van der Waals surface area contributed by atoms with Crippen LogP contribution in [0.15, 0.2) is 12.3 Å². The molecule has 3 rings (SSSR count). The third-order valence-electron chi connectivity index (χ3n) is 4.69. The fourth-order valence-corrected chi connectivity index (χ4v) is 3.35. The van der Waals surface area contributed by atoms with Gasteiger partial charge in [0.05, 0.1) is 11.7 Å². The second-order valence-electron chi connectivity index (χ2n) is 6.64. The molecule has 4 nitrogen and oxygen atoms in total. The smallest absolute Gasteiger partial charge is 0.0765 e. The van der Waals surface area contributed by atoms with Crippen LogP contribution in [0.5, 0.6) is 0 Å². The molecule has 2 aliphatic rings. The average Bonchev–Trinajstić information content (AvgIpc) is 3.02. The molecule has 19 heavy (non-hydrogen) atoms. The third-order valence-corrected chi connectivity index (χ3v) is 4.69. The number of aromatic nitrogens is 2. The first-order valence-corrected chi connectivity index (χ1v) is 7.65. The first-order chi connectivity index (χ1) is 9.15. The fourth-order valence-electron chi connectivity index (χ4n) is 3.35. The van der Waals surface area contributed by atoms with E-state index in [1.54, 1.807) is 0 Å². The SMILES string of the molecule is CC1(C)CNCCN1Cc1ccn(C2CCCC2)n1. The van der Waals surface area contributed by atoms with Crippen molar-refractivity contribution in [2.75, 3.05) is 19.6 Å². The van der Waals surface area contributed by atoms with Crippen molar-refractivity contribution in [3.05, 3.63) is 18.0 Å². The molecular weight excluding hydrogens is 236 g/mol. The summed E-state index contributed by atoms with van der Waals surface area (Å²) in [5.74, 6) is 0. The van der Waals surface area contributed by atoms with E-state index in [2.05, 4.69) is 41.0 Å².